The van der Waals surface area contributed by atoms with Gasteiger partial charge in [-0.1, -0.05) is 49.8 Å². The molecular formula is C22H26O5. The number of esters is 2. The van der Waals surface area contributed by atoms with Gasteiger partial charge in [0.2, 0.25) is 11.4 Å². The third kappa shape index (κ3) is 3.92. The number of carbonyl (C=O) groups excluding carboxylic acids is 2. The predicted molar refractivity (Wildman–Crippen MR) is 102 cm³/mol. The molecule has 0 spiro atoms. The zero-order chi connectivity index (χ0) is 19.3. The van der Waals surface area contributed by atoms with E-state index in [1.54, 1.807) is 0 Å². The van der Waals surface area contributed by atoms with Crippen molar-refractivity contribution in [1.29, 1.82) is 0 Å². The van der Waals surface area contributed by atoms with Crippen LogP contribution in [0.1, 0.15) is 51.9 Å². The molecule has 0 radical (unpaired) electrons. The first-order valence-corrected chi connectivity index (χ1v) is 9.65. The van der Waals surface area contributed by atoms with Crippen molar-refractivity contribution in [2.75, 3.05) is 6.61 Å². The molecule has 144 valence electrons. The lowest BCUT2D eigenvalue weighted by Crippen LogP contribution is -2.44. The molecule has 1 N–H and O–H groups in total. The van der Waals surface area contributed by atoms with Gasteiger partial charge in [-0.15, -0.1) is 0 Å². The van der Waals surface area contributed by atoms with E-state index in [1.165, 1.54) is 0 Å². The van der Waals surface area contributed by atoms with Crippen molar-refractivity contribution in [1.82, 2.24) is 0 Å². The highest BCUT2D eigenvalue weighted by Crippen LogP contribution is 2.44. The minimum atomic E-state index is -1.64. The van der Waals surface area contributed by atoms with Crippen LogP contribution < -0.4 is 0 Å². The van der Waals surface area contributed by atoms with Gasteiger partial charge < -0.3 is 14.6 Å². The van der Waals surface area contributed by atoms with Crippen LogP contribution in [0.25, 0.3) is 0 Å². The summed E-state index contributed by atoms with van der Waals surface area (Å²) in [6, 6.07) is 0. The van der Waals surface area contributed by atoms with Gasteiger partial charge in [0.1, 0.15) is 0 Å². The normalized spacial score (nSPS) is 24.6. The fourth-order valence-electron chi connectivity index (χ4n) is 3.57. The van der Waals surface area contributed by atoms with Crippen molar-refractivity contribution in [2.45, 2.75) is 57.5 Å². The lowest BCUT2D eigenvalue weighted by atomic mass is 9.80. The first-order chi connectivity index (χ1) is 13.1. The number of cyclic esters (lactones) is 1. The molecule has 5 heteroatoms. The Balaban J connectivity index is 2.01. The highest BCUT2D eigenvalue weighted by Gasteiger charge is 2.56. The quantitative estimate of drug-likeness (QED) is 0.532. The molecule has 0 saturated carbocycles. The van der Waals surface area contributed by atoms with E-state index >= 15 is 0 Å². The number of unbranched alkanes of at least 4 members (excludes halogenated alkanes) is 1. The molecule has 0 bridgehead atoms. The van der Waals surface area contributed by atoms with Crippen molar-refractivity contribution in [3.8, 4) is 0 Å². The van der Waals surface area contributed by atoms with Crippen LogP contribution in [-0.2, 0) is 19.1 Å². The number of hydrogen-bond donors (Lipinski definition) is 1. The average Bonchev–Trinajstić information content (AvgIpc) is 2.94. The lowest BCUT2D eigenvalue weighted by molar-refractivity contribution is -0.172. The number of hydrogen-bond acceptors (Lipinski definition) is 5. The van der Waals surface area contributed by atoms with E-state index in [2.05, 4.69) is 0 Å². The van der Waals surface area contributed by atoms with E-state index in [1.807, 2.05) is 43.4 Å². The van der Waals surface area contributed by atoms with Crippen molar-refractivity contribution in [3.05, 3.63) is 58.9 Å². The number of aliphatic hydroxyl groups is 1. The summed E-state index contributed by atoms with van der Waals surface area (Å²) < 4.78 is 11.0. The Morgan fingerprint density at radius 2 is 1.93 bits per heavy atom. The number of ether oxygens (including phenoxy) is 2. The van der Waals surface area contributed by atoms with E-state index in [0.717, 1.165) is 44.1 Å². The van der Waals surface area contributed by atoms with Crippen molar-refractivity contribution < 1.29 is 24.2 Å². The van der Waals surface area contributed by atoms with E-state index in [9.17, 15) is 14.7 Å². The van der Waals surface area contributed by atoms with E-state index < -0.39 is 23.3 Å². The summed E-state index contributed by atoms with van der Waals surface area (Å²) >= 11 is 0. The van der Waals surface area contributed by atoms with Gasteiger partial charge in [-0.05, 0) is 43.3 Å². The van der Waals surface area contributed by atoms with Gasteiger partial charge in [0, 0.05) is 6.42 Å². The summed E-state index contributed by atoms with van der Waals surface area (Å²) in [5.74, 6) is -2.00. The van der Waals surface area contributed by atoms with E-state index in [0.29, 0.717) is 5.57 Å². The predicted octanol–water partition coefficient (Wildman–Crippen LogP) is 4.38. The summed E-state index contributed by atoms with van der Waals surface area (Å²) in [5.41, 5.74) is 0.131. The van der Waals surface area contributed by atoms with Crippen molar-refractivity contribution >= 4 is 11.9 Å². The molecule has 3 aliphatic rings. The summed E-state index contributed by atoms with van der Waals surface area (Å²) in [7, 11) is 0. The molecule has 3 rings (SSSR count). The van der Waals surface area contributed by atoms with Crippen LogP contribution >= 0.6 is 0 Å². The van der Waals surface area contributed by atoms with E-state index in [-0.39, 0.29) is 18.6 Å². The fraction of sp³-hybridized carbons (Fsp3) is 0.455. The zero-order valence-electron chi connectivity index (χ0n) is 15.7. The third-order valence-electron chi connectivity index (χ3n) is 4.97. The molecule has 27 heavy (non-hydrogen) atoms. The van der Waals surface area contributed by atoms with Gasteiger partial charge in [0.15, 0.2) is 0 Å². The highest BCUT2D eigenvalue weighted by atomic mass is 16.6. The molecule has 0 fully saturated rings. The minimum absolute atomic E-state index is 0.158. The molecule has 5 nitrogen and oxygen atoms in total. The largest absolute Gasteiger partial charge is 0.502 e. The minimum Gasteiger partial charge on any atom is -0.502 e. The first-order valence-electron chi connectivity index (χ1n) is 9.65. The summed E-state index contributed by atoms with van der Waals surface area (Å²) in [5, 5.41) is 10.5. The zero-order valence-corrected chi connectivity index (χ0v) is 15.7. The maximum Gasteiger partial charge on any atom is 0.375 e. The highest BCUT2D eigenvalue weighted by molar-refractivity contribution is 6.01. The number of carbonyl (C=O) groups is 2. The molecule has 1 atom stereocenters. The van der Waals surface area contributed by atoms with Gasteiger partial charge >= 0.3 is 11.9 Å². The molecule has 0 amide bonds. The van der Waals surface area contributed by atoms with Gasteiger partial charge in [0.05, 0.1) is 12.2 Å². The second-order valence-electron chi connectivity index (χ2n) is 7.00. The van der Waals surface area contributed by atoms with Crippen molar-refractivity contribution in [2.24, 2.45) is 0 Å². The Hall–Kier alpha value is -2.56. The Morgan fingerprint density at radius 1 is 1.19 bits per heavy atom. The van der Waals surface area contributed by atoms with Gasteiger partial charge in [-0.3, -0.25) is 0 Å². The molecule has 0 aromatic heterocycles. The SMILES string of the molecule is CCCCOC(=O)C1(CC2=CCCC=C2)OC(=O)C(O)=C1C1=CCCC=C1. The second kappa shape index (κ2) is 8.42. The molecule has 0 aromatic rings. The lowest BCUT2D eigenvalue weighted by Gasteiger charge is -2.30. The smallest absolute Gasteiger partial charge is 0.375 e. The van der Waals surface area contributed by atoms with Crippen LogP contribution in [0.5, 0.6) is 0 Å². The second-order valence-corrected chi connectivity index (χ2v) is 7.00. The Bertz CT molecular complexity index is 766. The monoisotopic (exact) mass is 370 g/mol. The Labute approximate surface area is 159 Å². The van der Waals surface area contributed by atoms with Gasteiger partial charge in [-0.25, -0.2) is 9.59 Å². The van der Waals surface area contributed by atoms with Crippen LogP contribution in [0.2, 0.25) is 0 Å². The third-order valence-corrected chi connectivity index (χ3v) is 4.97. The molecular weight excluding hydrogens is 344 g/mol. The summed E-state index contributed by atoms with van der Waals surface area (Å²) in [6.45, 7) is 2.26. The van der Waals surface area contributed by atoms with E-state index in [4.69, 9.17) is 9.47 Å². The summed E-state index contributed by atoms with van der Waals surface area (Å²) in [6.07, 6.45) is 17.0. The van der Waals surface area contributed by atoms with Crippen LogP contribution in [0, 0.1) is 0 Å². The number of allylic oxidation sites excluding steroid dienone is 6. The molecule has 0 aromatic carbocycles. The molecule has 1 unspecified atom stereocenters. The van der Waals surface area contributed by atoms with Crippen molar-refractivity contribution in [3.63, 3.8) is 0 Å². The molecule has 1 heterocycles. The molecule has 1 aliphatic heterocycles. The van der Waals surface area contributed by atoms with Crippen LogP contribution in [-0.4, -0.2) is 29.3 Å². The Morgan fingerprint density at radius 3 is 2.56 bits per heavy atom. The topological polar surface area (TPSA) is 72.8 Å². The standard InChI is InChI=1S/C22H26O5/c1-2-3-14-26-21(25)22(15-16-10-6-4-7-11-16)18(19(23)20(24)27-22)17-12-8-5-9-13-17/h6,8,10-13,23H,2-5,7,9,14-15H2,1H3. The van der Waals surface area contributed by atoms with Crippen LogP contribution in [0.4, 0.5) is 0 Å². The molecule has 0 saturated heterocycles. The number of rotatable bonds is 7. The van der Waals surface area contributed by atoms with Crippen LogP contribution in [0.15, 0.2) is 58.9 Å². The fourth-order valence-corrected chi connectivity index (χ4v) is 3.57. The van der Waals surface area contributed by atoms with Gasteiger partial charge in [-0.2, -0.15) is 0 Å². The first kappa shape index (κ1) is 19.2. The summed E-state index contributed by atoms with van der Waals surface area (Å²) in [4.78, 5) is 25.4. The maximum atomic E-state index is 13.1. The molecule has 2 aliphatic carbocycles. The average molecular weight is 370 g/mol. The maximum absolute atomic E-state index is 13.1. The van der Waals surface area contributed by atoms with Crippen LogP contribution in [0.3, 0.4) is 0 Å². The Kier molecular flexibility index (Phi) is 5.99. The number of aliphatic hydroxyl groups excluding tert-OH is 1. The van der Waals surface area contributed by atoms with Gasteiger partial charge in [0.25, 0.3) is 0 Å².